The number of fused-ring (bicyclic) bond motifs is 2. The Balaban J connectivity index is 1.58. The van der Waals surface area contributed by atoms with Crippen LogP contribution in [0.3, 0.4) is 0 Å². The van der Waals surface area contributed by atoms with Gasteiger partial charge >= 0.3 is 5.97 Å². The molecule has 4 rings (SSSR count). The fourth-order valence-corrected chi connectivity index (χ4v) is 3.62. The molecule has 1 aliphatic carbocycles. The molecule has 3 aromatic rings. The Morgan fingerprint density at radius 1 is 1.00 bits per heavy atom. The van der Waals surface area contributed by atoms with Gasteiger partial charge < -0.3 is 15.2 Å². The lowest BCUT2D eigenvalue weighted by Crippen LogP contribution is -2.27. The van der Waals surface area contributed by atoms with Crippen molar-refractivity contribution in [2.24, 2.45) is 0 Å². The molecule has 2 N–H and O–H groups in total. The first-order valence-electron chi connectivity index (χ1n) is 8.80. The summed E-state index contributed by atoms with van der Waals surface area (Å²) < 4.78 is 5.23. The topological polar surface area (TPSA) is 75.6 Å². The Kier molecular flexibility index (Phi) is 4.28. The normalized spacial score (nSPS) is 15.4. The second kappa shape index (κ2) is 6.76. The van der Waals surface area contributed by atoms with Gasteiger partial charge in [-0.25, -0.2) is 4.79 Å². The van der Waals surface area contributed by atoms with Crippen LogP contribution in [-0.4, -0.2) is 24.1 Å². The quantitative estimate of drug-likeness (QED) is 0.737. The molecule has 1 aliphatic rings. The highest BCUT2D eigenvalue weighted by atomic mass is 16.5. The molecule has 1 atom stereocenters. The van der Waals surface area contributed by atoms with Gasteiger partial charge in [-0.15, -0.1) is 0 Å². The van der Waals surface area contributed by atoms with E-state index in [4.69, 9.17) is 4.74 Å². The van der Waals surface area contributed by atoms with Gasteiger partial charge in [-0.05, 0) is 71.1 Å². The molecule has 0 aliphatic heterocycles. The van der Waals surface area contributed by atoms with Crippen LogP contribution in [0.25, 0.3) is 10.8 Å². The molecule has 136 valence electrons. The number of carboxylic acids is 1. The fraction of sp³-hybridized carbons (Fsp3) is 0.182. The number of aromatic carboxylic acids is 1. The molecule has 5 nitrogen and oxygen atoms in total. The maximum Gasteiger partial charge on any atom is 0.335 e. The third-order valence-electron chi connectivity index (χ3n) is 5.09. The van der Waals surface area contributed by atoms with Crippen molar-refractivity contribution in [1.82, 2.24) is 5.32 Å². The monoisotopic (exact) mass is 361 g/mol. The van der Waals surface area contributed by atoms with Crippen LogP contribution in [0.2, 0.25) is 0 Å². The predicted molar refractivity (Wildman–Crippen MR) is 102 cm³/mol. The minimum atomic E-state index is -0.959. The van der Waals surface area contributed by atoms with Gasteiger partial charge in [0.15, 0.2) is 0 Å². The summed E-state index contributed by atoms with van der Waals surface area (Å²) in [6, 6.07) is 16.2. The molecule has 1 amide bonds. The van der Waals surface area contributed by atoms with Gasteiger partial charge in [-0.1, -0.05) is 18.2 Å². The molecule has 1 unspecified atom stereocenters. The first-order valence-corrected chi connectivity index (χ1v) is 8.80. The number of ether oxygens (including phenoxy) is 1. The SMILES string of the molecule is COc1ccc2cc(C(=O)NC3CCc4ccc(C(=O)O)cc43)ccc2c1. The number of amides is 1. The number of nitrogens with one attached hydrogen (secondary N) is 1. The van der Waals surface area contributed by atoms with Gasteiger partial charge in [0.1, 0.15) is 5.75 Å². The van der Waals surface area contributed by atoms with Crippen LogP contribution in [0.15, 0.2) is 54.6 Å². The number of carbonyl (C=O) groups excluding carboxylic acids is 1. The van der Waals surface area contributed by atoms with E-state index in [1.165, 1.54) is 0 Å². The van der Waals surface area contributed by atoms with Gasteiger partial charge in [0.05, 0.1) is 18.7 Å². The summed E-state index contributed by atoms with van der Waals surface area (Å²) in [4.78, 5) is 24.0. The van der Waals surface area contributed by atoms with Gasteiger partial charge in [-0.2, -0.15) is 0 Å². The van der Waals surface area contributed by atoms with E-state index in [1.54, 1.807) is 25.3 Å². The average molecular weight is 361 g/mol. The third kappa shape index (κ3) is 3.24. The molecule has 27 heavy (non-hydrogen) atoms. The van der Waals surface area contributed by atoms with Crippen molar-refractivity contribution < 1.29 is 19.4 Å². The van der Waals surface area contributed by atoms with Crippen LogP contribution in [0.1, 0.15) is 44.3 Å². The van der Waals surface area contributed by atoms with Crippen molar-refractivity contribution in [3.8, 4) is 5.75 Å². The lowest BCUT2D eigenvalue weighted by molar-refractivity contribution is 0.0696. The summed E-state index contributed by atoms with van der Waals surface area (Å²) in [5.74, 6) is -0.345. The van der Waals surface area contributed by atoms with Crippen molar-refractivity contribution in [3.63, 3.8) is 0 Å². The van der Waals surface area contributed by atoms with Gasteiger partial charge in [0, 0.05) is 5.56 Å². The first-order chi connectivity index (χ1) is 13.0. The number of hydrogen-bond acceptors (Lipinski definition) is 3. The van der Waals surface area contributed by atoms with E-state index >= 15 is 0 Å². The molecule has 0 saturated carbocycles. The van der Waals surface area contributed by atoms with Crippen molar-refractivity contribution in [2.75, 3.05) is 7.11 Å². The van der Waals surface area contributed by atoms with Crippen molar-refractivity contribution >= 4 is 22.6 Å². The Hall–Kier alpha value is -3.34. The molecule has 0 heterocycles. The maximum absolute atomic E-state index is 12.7. The summed E-state index contributed by atoms with van der Waals surface area (Å²) in [7, 11) is 1.62. The number of methoxy groups -OCH3 is 1. The van der Waals surface area contributed by atoms with Crippen LogP contribution >= 0.6 is 0 Å². The highest BCUT2D eigenvalue weighted by Crippen LogP contribution is 2.32. The zero-order valence-corrected chi connectivity index (χ0v) is 14.9. The number of hydrogen-bond donors (Lipinski definition) is 2. The fourth-order valence-electron chi connectivity index (χ4n) is 3.62. The number of aryl methyl sites for hydroxylation is 1. The van der Waals surface area contributed by atoms with Crippen molar-refractivity contribution in [3.05, 3.63) is 76.9 Å². The standard InChI is InChI=1S/C22H19NO4/c1-27-18-8-6-14-10-16(4-3-15(14)11-18)21(24)23-20-9-7-13-2-5-17(22(25)26)12-19(13)20/h2-6,8,10-12,20H,7,9H2,1H3,(H,23,24)(H,25,26). The predicted octanol–water partition coefficient (Wildman–Crippen LogP) is 3.96. The van der Waals surface area contributed by atoms with Crippen LogP contribution in [0, 0.1) is 0 Å². The van der Waals surface area contributed by atoms with Gasteiger partial charge in [-0.3, -0.25) is 4.79 Å². The Morgan fingerprint density at radius 2 is 1.74 bits per heavy atom. The largest absolute Gasteiger partial charge is 0.497 e. The Bertz CT molecular complexity index is 1060. The number of carbonyl (C=O) groups is 2. The molecule has 0 fully saturated rings. The molecule has 0 spiro atoms. The van der Waals surface area contributed by atoms with E-state index in [9.17, 15) is 14.7 Å². The molecule has 0 radical (unpaired) electrons. The smallest absolute Gasteiger partial charge is 0.335 e. The van der Waals surface area contributed by atoms with Crippen LogP contribution in [0.5, 0.6) is 5.75 Å². The molecular formula is C22H19NO4. The van der Waals surface area contributed by atoms with Crippen LogP contribution in [0.4, 0.5) is 0 Å². The summed E-state index contributed by atoms with van der Waals surface area (Å²) >= 11 is 0. The highest BCUT2D eigenvalue weighted by Gasteiger charge is 2.25. The minimum absolute atomic E-state index is 0.161. The summed E-state index contributed by atoms with van der Waals surface area (Å²) in [6.07, 6.45) is 1.60. The Labute approximate surface area is 156 Å². The van der Waals surface area contributed by atoms with E-state index in [0.29, 0.717) is 5.56 Å². The highest BCUT2D eigenvalue weighted by molar-refractivity contribution is 5.99. The molecule has 3 aromatic carbocycles. The zero-order valence-electron chi connectivity index (χ0n) is 14.9. The third-order valence-corrected chi connectivity index (χ3v) is 5.09. The van der Waals surface area contributed by atoms with E-state index in [2.05, 4.69) is 5.32 Å². The van der Waals surface area contributed by atoms with Crippen LogP contribution < -0.4 is 10.1 Å². The zero-order chi connectivity index (χ0) is 19.0. The number of rotatable bonds is 4. The molecule has 0 saturated heterocycles. The second-order valence-corrected chi connectivity index (χ2v) is 6.71. The van der Waals surface area contributed by atoms with Crippen molar-refractivity contribution in [2.45, 2.75) is 18.9 Å². The van der Waals surface area contributed by atoms with Crippen molar-refractivity contribution in [1.29, 1.82) is 0 Å². The van der Waals surface area contributed by atoms with E-state index < -0.39 is 5.97 Å². The van der Waals surface area contributed by atoms with Gasteiger partial charge in [0.25, 0.3) is 5.91 Å². The molecule has 0 bridgehead atoms. The number of benzene rings is 3. The maximum atomic E-state index is 12.7. The molecule has 5 heteroatoms. The lowest BCUT2D eigenvalue weighted by atomic mass is 10.0. The molecule has 0 aromatic heterocycles. The van der Waals surface area contributed by atoms with Gasteiger partial charge in [0.2, 0.25) is 0 Å². The Morgan fingerprint density at radius 3 is 2.52 bits per heavy atom. The van der Waals surface area contributed by atoms with E-state index in [1.807, 2.05) is 36.4 Å². The van der Waals surface area contributed by atoms with E-state index in [0.717, 1.165) is 40.5 Å². The number of carboxylic acid groups (broad SMARTS) is 1. The van der Waals surface area contributed by atoms with E-state index in [-0.39, 0.29) is 17.5 Å². The molecular weight excluding hydrogens is 342 g/mol. The minimum Gasteiger partial charge on any atom is -0.497 e. The summed E-state index contributed by atoms with van der Waals surface area (Å²) in [5.41, 5.74) is 2.81. The summed E-state index contributed by atoms with van der Waals surface area (Å²) in [5, 5.41) is 14.2. The summed E-state index contributed by atoms with van der Waals surface area (Å²) in [6.45, 7) is 0. The lowest BCUT2D eigenvalue weighted by Gasteiger charge is -2.15. The van der Waals surface area contributed by atoms with Crippen LogP contribution in [-0.2, 0) is 6.42 Å². The second-order valence-electron chi connectivity index (χ2n) is 6.71. The first kappa shape index (κ1) is 17.1. The average Bonchev–Trinajstić information content (AvgIpc) is 3.09.